The first-order valence-corrected chi connectivity index (χ1v) is 11.1. The standard InChI is InChI=1S/C24H29ClO6/c1-3-14-4-6-15(7-5-14)8-16-9-17-19(10-18(16)25)30-13(2)11-24(17)23(29)22(28)21(27)20(12-26)31-24/h4-7,9-10,13,20-23,26-29H,3,8,11-12H2,1-2H3/t13?,20-,21-,22+,23-,24?/m1/s1. The highest BCUT2D eigenvalue weighted by atomic mass is 35.5. The van der Waals surface area contributed by atoms with Gasteiger partial charge >= 0.3 is 0 Å². The Morgan fingerprint density at radius 3 is 2.39 bits per heavy atom. The van der Waals surface area contributed by atoms with Crippen LogP contribution in [0, 0.1) is 0 Å². The minimum atomic E-state index is -1.47. The summed E-state index contributed by atoms with van der Waals surface area (Å²) in [5.41, 5.74) is 2.41. The van der Waals surface area contributed by atoms with Gasteiger partial charge in [-0.15, -0.1) is 0 Å². The molecule has 1 fully saturated rings. The van der Waals surface area contributed by atoms with Crippen molar-refractivity contribution in [1.29, 1.82) is 0 Å². The molecule has 4 N–H and O–H groups in total. The Kier molecular flexibility index (Phi) is 6.32. The third kappa shape index (κ3) is 3.97. The lowest BCUT2D eigenvalue weighted by Crippen LogP contribution is -2.65. The largest absolute Gasteiger partial charge is 0.490 e. The molecular formula is C24H29ClO6. The summed E-state index contributed by atoms with van der Waals surface area (Å²) >= 11 is 6.58. The van der Waals surface area contributed by atoms with Crippen molar-refractivity contribution in [2.45, 2.75) is 69.2 Å². The SMILES string of the molecule is CCc1ccc(Cc2cc3c(cc2Cl)OC(C)CC32O[C@H](CO)[C@@H](O)[C@H](O)[C@H]2O)cc1. The van der Waals surface area contributed by atoms with Crippen LogP contribution < -0.4 is 4.74 Å². The van der Waals surface area contributed by atoms with E-state index in [1.165, 1.54) is 5.56 Å². The number of hydrogen-bond acceptors (Lipinski definition) is 6. The van der Waals surface area contributed by atoms with Crippen molar-refractivity contribution in [3.63, 3.8) is 0 Å². The lowest BCUT2D eigenvalue weighted by molar-refractivity contribution is -0.289. The van der Waals surface area contributed by atoms with Gasteiger partial charge in [0.2, 0.25) is 0 Å². The topological polar surface area (TPSA) is 99.4 Å². The van der Waals surface area contributed by atoms with E-state index in [-0.39, 0.29) is 12.5 Å². The van der Waals surface area contributed by atoms with Gasteiger partial charge in [0.25, 0.3) is 0 Å². The van der Waals surface area contributed by atoms with Crippen molar-refractivity contribution in [3.8, 4) is 5.75 Å². The van der Waals surface area contributed by atoms with E-state index in [1.54, 1.807) is 6.07 Å². The Morgan fingerprint density at radius 1 is 1.06 bits per heavy atom. The number of aliphatic hydroxyl groups excluding tert-OH is 4. The minimum absolute atomic E-state index is 0.258. The van der Waals surface area contributed by atoms with Crippen molar-refractivity contribution >= 4 is 11.6 Å². The van der Waals surface area contributed by atoms with Gasteiger partial charge in [-0.3, -0.25) is 0 Å². The summed E-state index contributed by atoms with van der Waals surface area (Å²) in [6.45, 7) is 3.46. The molecule has 0 saturated carbocycles. The van der Waals surface area contributed by atoms with Gasteiger partial charge in [-0.2, -0.15) is 0 Å². The van der Waals surface area contributed by atoms with Gasteiger partial charge in [-0.25, -0.2) is 0 Å². The minimum Gasteiger partial charge on any atom is -0.490 e. The summed E-state index contributed by atoms with van der Waals surface area (Å²) in [6, 6.07) is 11.9. The highest BCUT2D eigenvalue weighted by Gasteiger charge is 2.57. The van der Waals surface area contributed by atoms with Gasteiger partial charge < -0.3 is 29.9 Å². The molecule has 7 heteroatoms. The number of benzene rings is 2. The lowest BCUT2D eigenvalue weighted by Gasteiger charge is -2.52. The fraction of sp³-hybridized carbons (Fsp3) is 0.500. The van der Waals surface area contributed by atoms with Gasteiger partial charge in [0, 0.05) is 17.0 Å². The molecule has 0 amide bonds. The first-order valence-electron chi connectivity index (χ1n) is 10.7. The van der Waals surface area contributed by atoms with Crippen LogP contribution in [-0.2, 0) is 23.2 Å². The van der Waals surface area contributed by atoms with E-state index in [4.69, 9.17) is 21.1 Å². The van der Waals surface area contributed by atoms with Gasteiger partial charge in [-0.1, -0.05) is 42.8 Å². The highest BCUT2D eigenvalue weighted by Crippen LogP contribution is 2.50. The number of fused-ring (bicyclic) bond motifs is 2. The summed E-state index contributed by atoms with van der Waals surface area (Å²) in [5, 5.41) is 42.0. The third-order valence-corrected chi connectivity index (χ3v) is 6.77. The van der Waals surface area contributed by atoms with Crippen molar-refractivity contribution in [2.24, 2.45) is 0 Å². The zero-order chi connectivity index (χ0) is 22.3. The number of aliphatic hydroxyl groups is 4. The predicted molar refractivity (Wildman–Crippen MR) is 116 cm³/mol. The molecular weight excluding hydrogens is 420 g/mol. The van der Waals surface area contributed by atoms with Crippen LogP contribution in [0.1, 0.15) is 42.5 Å². The Morgan fingerprint density at radius 2 is 1.74 bits per heavy atom. The highest BCUT2D eigenvalue weighted by molar-refractivity contribution is 6.31. The normalized spacial score (nSPS) is 32.5. The maximum absolute atomic E-state index is 11.0. The number of ether oxygens (including phenoxy) is 2. The second-order valence-corrected chi connectivity index (χ2v) is 8.98. The number of halogens is 1. The smallest absolute Gasteiger partial charge is 0.129 e. The first-order chi connectivity index (χ1) is 14.8. The van der Waals surface area contributed by atoms with Crippen LogP contribution in [0.25, 0.3) is 0 Å². The van der Waals surface area contributed by atoms with Crippen LogP contribution in [0.2, 0.25) is 5.02 Å². The number of hydrogen-bond donors (Lipinski definition) is 4. The maximum atomic E-state index is 11.0. The number of aryl methyl sites for hydroxylation is 1. The fourth-order valence-electron chi connectivity index (χ4n) is 4.70. The Bertz CT molecular complexity index is 930. The molecule has 0 aromatic heterocycles. The first kappa shape index (κ1) is 22.5. The summed E-state index contributed by atoms with van der Waals surface area (Å²) in [5.74, 6) is 0.466. The van der Waals surface area contributed by atoms with E-state index in [1.807, 2.05) is 13.0 Å². The van der Waals surface area contributed by atoms with Gasteiger partial charge in [0.15, 0.2) is 0 Å². The number of rotatable bonds is 4. The molecule has 1 spiro atoms. The monoisotopic (exact) mass is 448 g/mol. The molecule has 4 rings (SSSR count). The van der Waals surface area contributed by atoms with Crippen LogP contribution in [0.15, 0.2) is 36.4 Å². The Balaban J connectivity index is 1.77. The molecule has 168 valence electrons. The summed E-state index contributed by atoms with van der Waals surface area (Å²) in [4.78, 5) is 0. The maximum Gasteiger partial charge on any atom is 0.129 e. The van der Waals surface area contributed by atoms with E-state index in [2.05, 4.69) is 31.2 Å². The molecule has 1 saturated heterocycles. The zero-order valence-corrected chi connectivity index (χ0v) is 18.4. The van der Waals surface area contributed by atoms with E-state index in [0.29, 0.717) is 22.8 Å². The molecule has 2 aliphatic heterocycles. The second-order valence-electron chi connectivity index (χ2n) is 8.57. The summed E-state index contributed by atoms with van der Waals surface area (Å²) in [6.07, 6.45) is -3.81. The molecule has 0 bridgehead atoms. The molecule has 31 heavy (non-hydrogen) atoms. The molecule has 0 radical (unpaired) electrons. The Hall–Kier alpha value is -1.67. The molecule has 2 unspecified atom stereocenters. The van der Waals surface area contributed by atoms with Crippen molar-refractivity contribution < 1.29 is 29.9 Å². The van der Waals surface area contributed by atoms with Crippen LogP contribution in [0.3, 0.4) is 0 Å². The lowest BCUT2D eigenvalue weighted by atomic mass is 9.74. The molecule has 0 aliphatic carbocycles. The average molecular weight is 449 g/mol. The van der Waals surface area contributed by atoms with E-state index >= 15 is 0 Å². The van der Waals surface area contributed by atoms with Crippen LogP contribution in [-0.4, -0.2) is 57.6 Å². The summed E-state index contributed by atoms with van der Waals surface area (Å²) < 4.78 is 12.1. The third-order valence-electron chi connectivity index (χ3n) is 6.42. The van der Waals surface area contributed by atoms with E-state index < -0.39 is 36.6 Å². The quantitative estimate of drug-likeness (QED) is 0.573. The van der Waals surface area contributed by atoms with Crippen molar-refractivity contribution in [3.05, 3.63) is 63.7 Å². The average Bonchev–Trinajstić information content (AvgIpc) is 2.76. The summed E-state index contributed by atoms with van der Waals surface area (Å²) in [7, 11) is 0. The van der Waals surface area contributed by atoms with E-state index in [9.17, 15) is 20.4 Å². The van der Waals surface area contributed by atoms with E-state index in [0.717, 1.165) is 17.5 Å². The molecule has 2 aromatic carbocycles. The zero-order valence-electron chi connectivity index (χ0n) is 17.7. The molecule has 2 aromatic rings. The molecule has 2 heterocycles. The molecule has 6 nitrogen and oxygen atoms in total. The van der Waals surface area contributed by atoms with Crippen LogP contribution >= 0.6 is 11.6 Å². The Labute approximate surface area is 187 Å². The van der Waals surface area contributed by atoms with Crippen molar-refractivity contribution in [2.75, 3.05) is 6.61 Å². The molecule has 6 atom stereocenters. The van der Waals surface area contributed by atoms with Crippen molar-refractivity contribution in [1.82, 2.24) is 0 Å². The van der Waals surface area contributed by atoms with Gasteiger partial charge in [-0.05, 0) is 48.6 Å². The van der Waals surface area contributed by atoms with Crippen LogP contribution in [0.5, 0.6) is 5.75 Å². The molecule has 2 aliphatic rings. The predicted octanol–water partition coefficient (Wildman–Crippen LogP) is 2.33. The van der Waals surface area contributed by atoms with Gasteiger partial charge in [0.1, 0.15) is 35.8 Å². The second kappa shape index (κ2) is 8.70. The van der Waals surface area contributed by atoms with Crippen LogP contribution in [0.4, 0.5) is 0 Å². The van der Waals surface area contributed by atoms with Gasteiger partial charge in [0.05, 0.1) is 12.7 Å². The fourth-order valence-corrected chi connectivity index (χ4v) is 4.92.